The standard InChI is InChI=1S/C5H13NO.C2H7N/c1-6(2)4-3-5-7;1-3-2/h7H,3-5H2,1-2H3;3H,1-2H3. The third kappa shape index (κ3) is 24.8. The molecule has 2 N–H and O–H groups in total. The van der Waals surface area contributed by atoms with Gasteiger partial charge in [-0.25, -0.2) is 0 Å². The molecule has 0 aliphatic heterocycles. The smallest absolute Gasteiger partial charge is 0.0443 e. The van der Waals surface area contributed by atoms with E-state index in [1.807, 2.05) is 28.2 Å². The zero-order chi connectivity index (χ0) is 8.41. The Labute approximate surface area is 64.0 Å². The van der Waals surface area contributed by atoms with Gasteiger partial charge >= 0.3 is 0 Å². The van der Waals surface area contributed by atoms with Gasteiger partial charge in [0.05, 0.1) is 0 Å². The second kappa shape index (κ2) is 11.6. The van der Waals surface area contributed by atoms with Crippen LogP contribution in [0.1, 0.15) is 6.42 Å². The van der Waals surface area contributed by atoms with E-state index in [0.29, 0.717) is 6.61 Å². The van der Waals surface area contributed by atoms with Crippen LogP contribution in [-0.2, 0) is 0 Å². The van der Waals surface area contributed by atoms with Gasteiger partial charge in [-0.2, -0.15) is 0 Å². The van der Waals surface area contributed by atoms with Gasteiger partial charge in [-0.05, 0) is 41.2 Å². The predicted octanol–water partition coefficient (Wildman–Crippen LogP) is -0.234. The van der Waals surface area contributed by atoms with E-state index < -0.39 is 0 Å². The van der Waals surface area contributed by atoms with Gasteiger partial charge in [-0.1, -0.05) is 0 Å². The van der Waals surface area contributed by atoms with Crippen LogP contribution in [0.15, 0.2) is 0 Å². The van der Waals surface area contributed by atoms with Crippen molar-refractivity contribution in [2.75, 3.05) is 41.3 Å². The van der Waals surface area contributed by atoms with Crippen LogP contribution in [0.2, 0.25) is 0 Å². The molecule has 0 aliphatic carbocycles. The number of nitrogens with one attached hydrogen (secondary N) is 1. The van der Waals surface area contributed by atoms with E-state index in [0.717, 1.165) is 13.0 Å². The zero-order valence-corrected chi connectivity index (χ0v) is 7.52. The van der Waals surface area contributed by atoms with Crippen LogP contribution in [0.25, 0.3) is 0 Å². The van der Waals surface area contributed by atoms with Gasteiger partial charge in [-0.3, -0.25) is 0 Å². The number of aliphatic hydroxyl groups excluding tert-OH is 1. The number of hydrogen-bond donors (Lipinski definition) is 2. The monoisotopic (exact) mass is 148 g/mol. The van der Waals surface area contributed by atoms with Crippen LogP contribution >= 0.6 is 0 Å². The molecule has 0 radical (unpaired) electrons. The van der Waals surface area contributed by atoms with Gasteiger partial charge in [0, 0.05) is 6.61 Å². The first-order valence-electron chi connectivity index (χ1n) is 3.53. The molecule has 0 bridgehead atoms. The van der Waals surface area contributed by atoms with Crippen LogP contribution in [-0.4, -0.2) is 51.3 Å². The lowest BCUT2D eigenvalue weighted by atomic mass is 10.4. The van der Waals surface area contributed by atoms with Crippen molar-refractivity contribution in [3.8, 4) is 0 Å². The van der Waals surface area contributed by atoms with Gasteiger partial charge in [-0.15, -0.1) is 0 Å². The molecule has 0 amide bonds. The summed E-state index contributed by atoms with van der Waals surface area (Å²) in [5.41, 5.74) is 0. The highest BCUT2D eigenvalue weighted by Gasteiger charge is 1.84. The van der Waals surface area contributed by atoms with Crippen LogP contribution in [0.3, 0.4) is 0 Å². The Morgan fingerprint density at radius 2 is 1.70 bits per heavy atom. The molecule has 0 aromatic rings. The van der Waals surface area contributed by atoms with Crippen molar-refractivity contribution in [1.82, 2.24) is 10.2 Å². The second-order valence-corrected chi connectivity index (χ2v) is 2.38. The van der Waals surface area contributed by atoms with Crippen molar-refractivity contribution in [3.05, 3.63) is 0 Å². The molecule has 0 spiro atoms. The average Bonchev–Trinajstić information content (AvgIpc) is 1.85. The summed E-state index contributed by atoms with van der Waals surface area (Å²) in [6, 6.07) is 0. The minimum Gasteiger partial charge on any atom is -0.396 e. The Bertz CT molecular complexity index is 48.9. The molecule has 0 saturated carbocycles. The van der Waals surface area contributed by atoms with Gasteiger partial charge in [0.25, 0.3) is 0 Å². The fourth-order valence-corrected chi connectivity index (χ4v) is 0.387. The summed E-state index contributed by atoms with van der Waals surface area (Å²) in [4.78, 5) is 2.05. The Hall–Kier alpha value is -0.120. The summed E-state index contributed by atoms with van der Waals surface area (Å²) in [7, 11) is 7.74. The van der Waals surface area contributed by atoms with Crippen molar-refractivity contribution in [3.63, 3.8) is 0 Å². The van der Waals surface area contributed by atoms with E-state index in [1.165, 1.54) is 0 Å². The minimum absolute atomic E-state index is 0.304. The molecule has 0 saturated heterocycles. The predicted molar refractivity (Wildman–Crippen MR) is 45.2 cm³/mol. The van der Waals surface area contributed by atoms with E-state index in [2.05, 4.69) is 10.2 Å². The van der Waals surface area contributed by atoms with Crippen molar-refractivity contribution >= 4 is 0 Å². The van der Waals surface area contributed by atoms with Gasteiger partial charge in [0.1, 0.15) is 0 Å². The van der Waals surface area contributed by atoms with Crippen LogP contribution in [0, 0.1) is 0 Å². The Morgan fingerprint density at radius 1 is 1.30 bits per heavy atom. The molecule has 0 rings (SSSR count). The molecular formula is C7H20N2O. The topological polar surface area (TPSA) is 35.5 Å². The van der Waals surface area contributed by atoms with Crippen molar-refractivity contribution in [1.29, 1.82) is 0 Å². The van der Waals surface area contributed by atoms with Crippen LogP contribution in [0.5, 0.6) is 0 Å². The fraction of sp³-hybridized carbons (Fsp3) is 1.00. The van der Waals surface area contributed by atoms with Gasteiger partial charge in [0.2, 0.25) is 0 Å². The highest BCUT2D eigenvalue weighted by Crippen LogP contribution is 1.77. The first-order chi connectivity index (χ1) is 4.68. The molecule has 0 aromatic carbocycles. The number of nitrogens with zero attached hydrogens (tertiary/aromatic N) is 1. The first kappa shape index (κ1) is 12.5. The van der Waals surface area contributed by atoms with E-state index in [4.69, 9.17) is 5.11 Å². The largest absolute Gasteiger partial charge is 0.396 e. The maximum Gasteiger partial charge on any atom is 0.0443 e. The molecule has 0 atom stereocenters. The lowest BCUT2D eigenvalue weighted by Crippen LogP contribution is -2.13. The van der Waals surface area contributed by atoms with E-state index in [9.17, 15) is 0 Å². The highest BCUT2D eigenvalue weighted by molar-refractivity contribution is 4.39. The number of rotatable bonds is 3. The maximum absolute atomic E-state index is 8.29. The van der Waals surface area contributed by atoms with Crippen LogP contribution < -0.4 is 5.32 Å². The van der Waals surface area contributed by atoms with E-state index >= 15 is 0 Å². The Kier molecular flexibility index (Phi) is 14.6. The maximum atomic E-state index is 8.29. The molecule has 0 aromatic heterocycles. The highest BCUT2D eigenvalue weighted by atomic mass is 16.3. The molecule has 0 fully saturated rings. The quantitative estimate of drug-likeness (QED) is 0.580. The summed E-state index contributed by atoms with van der Waals surface area (Å²) in [5, 5.41) is 11.0. The third-order valence-corrected chi connectivity index (χ3v) is 0.763. The fourth-order valence-electron chi connectivity index (χ4n) is 0.387. The Balaban J connectivity index is 0. The van der Waals surface area contributed by atoms with Crippen molar-refractivity contribution in [2.45, 2.75) is 6.42 Å². The first-order valence-corrected chi connectivity index (χ1v) is 3.53. The number of hydrogen-bond acceptors (Lipinski definition) is 3. The normalized spacial score (nSPS) is 9.00. The SMILES string of the molecule is CN(C)CCCO.CNC. The lowest BCUT2D eigenvalue weighted by Gasteiger charge is -2.05. The summed E-state index contributed by atoms with van der Waals surface area (Å²) < 4.78 is 0. The molecule has 0 aliphatic rings. The molecule has 0 unspecified atom stereocenters. The minimum atomic E-state index is 0.304. The summed E-state index contributed by atoms with van der Waals surface area (Å²) >= 11 is 0. The Morgan fingerprint density at radius 3 is 1.80 bits per heavy atom. The molecular weight excluding hydrogens is 128 g/mol. The van der Waals surface area contributed by atoms with Crippen molar-refractivity contribution in [2.24, 2.45) is 0 Å². The van der Waals surface area contributed by atoms with Gasteiger partial charge < -0.3 is 15.3 Å². The number of aliphatic hydroxyl groups is 1. The van der Waals surface area contributed by atoms with Crippen molar-refractivity contribution < 1.29 is 5.11 Å². The molecule has 3 heteroatoms. The third-order valence-electron chi connectivity index (χ3n) is 0.763. The zero-order valence-electron chi connectivity index (χ0n) is 7.52. The van der Waals surface area contributed by atoms with Gasteiger partial charge in [0.15, 0.2) is 0 Å². The summed E-state index contributed by atoms with van der Waals surface area (Å²) in [5.74, 6) is 0. The van der Waals surface area contributed by atoms with E-state index in [-0.39, 0.29) is 0 Å². The van der Waals surface area contributed by atoms with E-state index in [1.54, 1.807) is 0 Å². The molecule has 10 heavy (non-hydrogen) atoms. The van der Waals surface area contributed by atoms with Crippen LogP contribution in [0.4, 0.5) is 0 Å². The summed E-state index contributed by atoms with van der Waals surface area (Å²) in [6.07, 6.45) is 0.882. The second-order valence-electron chi connectivity index (χ2n) is 2.38. The molecule has 3 nitrogen and oxygen atoms in total. The average molecular weight is 148 g/mol. The molecule has 64 valence electrons. The lowest BCUT2D eigenvalue weighted by molar-refractivity contribution is 0.263. The molecule has 0 heterocycles. The summed E-state index contributed by atoms with van der Waals surface area (Å²) in [6.45, 7) is 1.29.